The van der Waals surface area contributed by atoms with Gasteiger partial charge < -0.3 is 17.0 Å². The Balaban J connectivity index is 0.00000220. The van der Waals surface area contributed by atoms with Gasteiger partial charge in [0.1, 0.15) is 0 Å². The van der Waals surface area contributed by atoms with Gasteiger partial charge in [0.05, 0.1) is 10.5 Å². The highest BCUT2D eigenvalue weighted by Crippen LogP contribution is 2.51. The van der Waals surface area contributed by atoms with Crippen LogP contribution in [0.3, 0.4) is 0 Å². The molecule has 1 atom stereocenters. The average Bonchev–Trinajstić information content (AvgIpc) is 2.74. The third kappa shape index (κ3) is 4.22. The average molecular weight is 381 g/mol. The van der Waals surface area contributed by atoms with Crippen LogP contribution in [0.25, 0.3) is 10.1 Å². The van der Waals surface area contributed by atoms with E-state index in [0.29, 0.717) is 16.0 Å². The van der Waals surface area contributed by atoms with Gasteiger partial charge in [-0.1, -0.05) is 32.8 Å². The first-order valence-electron chi connectivity index (χ1n) is 7.12. The largest absolute Gasteiger partial charge is 1.00 e. The molecule has 5 heteroatoms. The Morgan fingerprint density at radius 3 is 2.29 bits per heavy atom. The van der Waals surface area contributed by atoms with Crippen molar-refractivity contribution in [2.75, 3.05) is 0 Å². The van der Waals surface area contributed by atoms with Gasteiger partial charge in [0.25, 0.3) is 0 Å². The molecule has 21 heavy (non-hydrogen) atoms. The molecule has 0 saturated heterocycles. The summed E-state index contributed by atoms with van der Waals surface area (Å²) in [6.45, 7) is 4.05. The standard InChI is InChI=1S/C16H20F3S.BrH/c1-3-5-7-14-11-13-9-8-12(6-4-2)10-15(13)20(14)16(17,18)19;/h8-11H,3-7H2,1-2H3;1H/q+1;/p-1. The van der Waals surface area contributed by atoms with Crippen molar-refractivity contribution in [1.29, 1.82) is 0 Å². The fourth-order valence-electron chi connectivity index (χ4n) is 2.49. The van der Waals surface area contributed by atoms with E-state index in [0.717, 1.165) is 36.6 Å². The van der Waals surface area contributed by atoms with Crippen LogP contribution < -0.4 is 17.0 Å². The molecule has 118 valence electrons. The number of aryl methyl sites for hydroxylation is 2. The molecule has 0 N–H and O–H groups in total. The van der Waals surface area contributed by atoms with Gasteiger partial charge in [-0.25, -0.2) is 0 Å². The molecule has 2 rings (SSSR count). The van der Waals surface area contributed by atoms with E-state index in [1.807, 2.05) is 26.0 Å². The summed E-state index contributed by atoms with van der Waals surface area (Å²) < 4.78 is 40.7. The Labute approximate surface area is 137 Å². The van der Waals surface area contributed by atoms with Crippen molar-refractivity contribution in [3.63, 3.8) is 0 Å². The van der Waals surface area contributed by atoms with Gasteiger partial charge in [0, 0.05) is 23.9 Å². The fourth-order valence-corrected chi connectivity index (χ4v) is 4.55. The number of unbranched alkanes of at least 4 members (excludes halogenated alkanes) is 1. The zero-order chi connectivity index (χ0) is 14.8. The number of fused-ring (bicyclic) bond motifs is 1. The highest BCUT2D eigenvalue weighted by Gasteiger charge is 2.47. The minimum absolute atomic E-state index is 0. The van der Waals surface area contributed by atoms with Crippen LogP contribution in [-0.2, 0) is 18.3 Å². The van der Waals surface area contributed by atoms with E-state index in [1.165, 1.54) is 0 Å². The first-order valence-corrected chi connectivity index (χ1v) is 8.34. The Morgan fingerprint density at radius 1 is 1.00 bits per heavy atom. The second-order valence-corrected chi connectivity index (χ2v) is 7.13. The summed E-state index contributed by atoms with van der Waals surface area (Å²) in [6, 6.07) is 7.34. The molecule has 0 aliphatic rings. The van der Waals surface area contributed by atoms with Crippen LogP contribution in [0.2, 0.25) is 0 Å². The minimum atomic E-state index is -4.16. The lowest BCUT2D eigenvalue weighted by molar-refractivity contribution is -0.0867. The molecule has 0 fully saturated rings. The predicted octanol–water partition coefficient (Wildman–Crippen LogP) is 3.36. The van der Waals surface area contributed by atoms with E-state index in [-0.39, 0.29) is 17.0 Å². The molecular weight excluding hydrogens is 361 g/mol. The molecular formula is C16H20BrF3S. The van der Waals surface area contributed by atoms with E-state index in [1.54, 1.807) is 12.1 Å². The van der Waals surface area contributed by atoms with Crippen LogP contribution >= 0.6 is 10.5 Å². The van der Waals surface area contributed by atoms with Crippen LogP contribution in [0, 0.1) is 0 Å². The molecule has 0 spiro atoms. The first kappa shape index (κ1) is 18.5. The second-order valence-electron chi connectivity index (χ2n) is 5.09. The van der Waals surface area contributed by atoms with Gasteiger partial charge in [-0.2, -0.15) is 0 Å². The highest BCUT2D eigenvalue weighted by molar-refractivity contribution is 7.38. The number of thiophene rings is 1. The minimum Gasteiger partial charge on any atom is -1.00 e. The number of rotatable bonds is 5. The van der Waals surface area contributed by atoms with Gasteiger partial charge in [0.15, 0.2) is 9.58 Å². The number of alkyl halides is 3. The maximum atomic E-state index is 13.4. The fraction of sp³-hybridized carbons (Fsp3) is 0.500. The van der Waals surface area contributed by atoms with Gasteiger partial charge in [-0.05, 0) is 24.5 Å². The molecule has 1 aromatic heterocycles. The molecule has 0 nitrogen and oxygen atoms in total. The third-order valence-corrected chi connectivity index (χ3v) is 5.53. The van der Waals surface area contributed by atoms with Crippen LogP contribution in [-0.4, -0.2) is 0 Å². The highest BCUT2D eigenvalue weighted by atomic mass is 79.9. The molecule has 0 amide bonds. The summed E-state index contributed by atoms with van der Waals surface area (Å²) in [5.41, 5.74) is -3.14. The maximum absolute atomic E-state index is 13.4. The van der Waals surface area contributed by atoms with Gasteiger partial charge >= 0.3 is 5.51 Å². The summed E-state index contributed by atoms with van der Waals surface area (Å²) >= 11 is 0. The van der Waals surface area contributed by atoms with E-state index in [9.17, 15) is 13.2 Å². The van der Waals surface area contributed by atoms with Crippen molar-refractivity contribution in [3.8, 4) is 0 Å². The van der Waals surface area contributed by atoms with Crippen molar-refractivity contribution in [2.24, 2.45) is 0 Å². The Kier molecular flexibility index (Phi) is 6.72. The monoisotopic (exact) mass is 380 g/mol. The van der Waals surface area contributed by atoms with E-state index >= 15 is 0 Å². The quantitative estimate of drug-likeness (QED) is 0.697. The van der Waals surface area contributed by atoms with Crippen LogP contribution in [0.15, 0.2) is 24.3 Å². The van der Waals surface area contributed by atoms with Crippen LogP contribution in [0.5, 0.6) is 0 Å². The summed E-state index contributed by atoms with van der Waals surface area (Å²) in [5.74, 6) is 0. The molecule has 0 aliphatic heterocycles. The van der Waals surface area contributed by atoms with E-state index in [2.05, 4.69) is 0 Å². The lowest BCUT2D eigenvalue weighted by Gasteiger charge is -2.01. The Hall–Kier alpha value is -0.550. The van der Waals surface area contributed by atoms with Gasteiger partial charge in [-0.3, -0.25) is 0 Å². The first-order chi connectivity index (χ1) is 9.47. The summed E-state index contributed by atoms with van der Waals surface area (Å²) in [5, 5.41) is 0.761. The van der Waals surface area contributed by atoms with E-state index < -0.39 is 16.0 Å². The zero-order valence-electron chi connectivity index (χ0n) is 12.3. The summed E-state index contributed by atoms with van der Waals surface area (Å²) in [4.78, 5) is 0.558. The number of benzene rings is 1. The molecule has 0 aliphatic carbocycles. The SMILES string of the molecule is CCCCc1cc2ccc(CCC)cc2[s+]1C(F)(F)F.[Br-]. The Bertz CT molecular complexity index is 587. The van der Waals surface area contributed by atoms with Crippen molar-refractivity contribution < 1.29 is 30.2 Å². The van der Waals surface area contributed by atoms with Crippen LogP contribution in [0.4, 0.5) is 13.2 Å². The van der Waals surface area contributed by atoms with E-state index in [4.69, 9.17) is 0 Å². The summed E-state index contributed by atoms with van der Waals surface area (Å²) in [7, 11) is -1.71. The number of hydrogen-bond donors (Lipinski definition) is 0. The molecule has 1 heterocycles. The third-order valence-electron chi connectivity index (χ3n) is 3.42. The zero-order valence-corrected chi connectivity index (χ0v) is 14.7. The van der Waals surface area contributed by atoms with Crippen molar-refractivity contribution in [1.82, 2.24) is 0 Å². The summed E-state index contributed by atoms with van der Waals surface area (Å²) in [6.07, 6.45) is 4.09. The van der Waals surface area contributed by atoms with Gasteiger partial charge in [0.2, 0.25) is 0 Å². The van der Waals surface area contributed by atoms with Gasteiger partial charge in [-0.15, -0.1) is 13.2 Å². The molecule has 0 saturated carbocycles. The van der Waals surface area contributed by atoms with Crippen molar-refractivity contribution in [2.45, 2.75) is 51.5 Å². The molecule has 0 bridgehead atoms. The lowest BCUT2D eigenvalue weighted by atomic mass is 10.1. The smallest absolute Gasteiger partial charge is 0.600 e. The lowest BCUT2D eigenvalue weighted by Crippen LogP contribution is -3.00. The van der Waals surface area contributed by atoms with Crippen LogP contribution in [0.1, 0.15) is 43.6 Å². The Morgan fingerprint density at radius 2 is 1.71 bits per heavy atom. The molecule has 1 aromatic carbocycles. The maximum Gasteiger partial charge on any atom is 0.600 e. The van der Waals surface area contributed by atoms with Crippen molar-refractivity contribution in [3.05, 3.63) is 34.7 Å². The normalized spacial score (nSPS) is 12.5. The van der Waals surface area contributed by atoms with Crippen molar-refractivity contribution >= 4 is 20.6 Å². The topological polar surface area (TPSA) is 0 Å². The second kappa shape index (κ2) is 7.63. The number of hydrogen-bond acceptors (Lipinski definition) is 0. The molecule has 2 aromatic rings. The number of halogens is 4. The predicted molar refractivity (Wildman–Crippen MR) is 80.3 cm³/mol. The molecule has 1 unspecified atom stereocenters. The molecule has 0 radical (unpaired) electrons.